The molecule has 17 heavy (non-hydrogen) atoms. The van der Waals surface area contributed by atoms with E-state index >= 15 is 0 Å². The number of thiazole rings is 1. The zero-order chi connectivity index (χ0) is 12.3. The van der Waals surface area contributed by atoms with Crippen molar-refractivity contribution < 1.29 is 0 Å². The fourth-order valence-electron chi connectivity index (χ4n) is 1.73. The predicted molar refractivity (Wildman–Crippen MR) is 76.3 cm³/mol. The molecule has 0 aliphatic heterocycles. The molecule has 2 aromatic rings. The Morgan fingerprint density at radius 1 is 1.29 bits per heavy atom. The standard InChI is InChI=1S/C13H15BrN2S/c1-2-11-12(8-15)17-13(16-11)7-9-3-5-10(14)6-4-9/h3-6H,2,7-8,15H2,1H3. The number of nitrogens with zero attached hydrogens (tertiary/aromatic N) is 1. The summed E-state index contributed by atoms with van der Waals surface area (Å²) in [5, 5.41) is 1.16. The molecule has 2 N–H and O–H groups in total. The molecule has 2 nitrogen and oxygen atoms in total. The Labute approximate surface area is 114 Å². The molecular formula is C13H15BrN2S. The zero-order valence-corrected chi connectivity index (χ0v) is 12.1. The van der Waals surface area contributed by atoms with E-state index in [9.17, 15) is 0 Å². The van der Waals surface area contributed by atoms with Crippen molar-refractivity contribution in [1.82, 2.24) is 4.98 Å². The van der Waals surface area contributed by atoms with Gasteiger partial charge in [0.05, 0.1) is 10.7 Å². The third kappa shape index (κ3) is 3.15. The third-order valence-electron chi connectivity index (χ3n) is 2.61. The van der Waals surface area contributed by atoms with Crippen LogP contribution in [0.4, 0.5) is 0 Å². The van der Waals surface area contributed by atoms with E-state index in [1.807, 2.05) is 0 Å². The Hall–Kier alpha value is -0.710. The van der Waals surface area contributed by atoms with Crippen molar-refractivity contribution in [3.05, 3.63) is 49.9 Å². The summed E-state index contributed by atoms with van der Waals surface area (Å²) in [6, 6.07) is 8.37. The van der Waals surface area contributed by atoms with E-state index in [1.54, 1.807) is 11.3 Å². The average molecular weight is 311 g/mol. The maximum absolute atomic E-state index is 5.72. The average Bonchev–Trinajstić information content (AvgIpc) is 2.74. The lowest BCUT2D eigenvalue weighted by atomic mass is 10.2. The van der Waals surface area contributed by atoms with Crippen LogP contribution in [0.25, 0.3) is 0 Å². The van der Waals surface area contributed by atoms with Crippen molar-refractivity contribution >= 4 is 27.3 Å². The number of nitrogens with two attached hydrogens (primary N) is 1. The van der Waals surface area contributed by atoms with Crippen molar-refractivity contribution in [3.63, 3.8) is 0 Å². The molecule has 0 bridgehead atoms. The molecule has 90 valence electrons. The summed E-state index contributed by atoms with van der Waals surface area (Å²) >= 11 is 5.17. The van der Waals surface area contributed by atoms with Gasteiger partial charge in [0.1, 0.15) is 0 Å². The van der Waals surface area contributed by atoms with Crippen LogP contribution in [-0.2, 0) is 19.4 Å². The molecule has 0 radical (unpaired) electrons. The van der Waals surface area contributed by atoms with Crippen LogP contribution in [0.2, 0.25) is 0 Å². The predicted octanol–water partition coefficient (Wildman–Crippen LogP) is 3.52. The highest BCUT2D eigenvalue weighted by Gasteiger charge is 2.08. The van der Waals surface area contributed by atoms with Crippen LogP contribution < -0.4 is 5.73 Å². The van der Waals surface area contributed by atoms with Crippen LogP contribution in [0, 0.1) is 0 Å². The van der Waals surface area contributed by atoms with Crippen molar-refractivity contribution in [2.75, 3.05) is 0 Å². The summed E-state index contributed by atoms with van der Waals surface area (Å²) in [6.07, 6.45) is 1.86. The quantitative estimate of drug-likeness (QED) is 0.938. The van der Waals surface area contributed by atoms with Gasteiger partial charge in [0.25, 0.3) is 0 Å². The summed E-state index contributed by atoms with van der Waals surface area (Å²) < 4.78 is 1.11. The summed E-state index contributed by atoms with van der Waals surface area (Å²) in [5.74, 6) is 0. The van der Waals surface area contributed by atoms with E-state index in [1.165, 1.54) is 10.4 Å². The fourth-order valence-corrected chi connectivity index (χ4v) is 3.06. The molecule has 1 aromatic heterocycles. The minimum atomic E-state index is 0.598. The van der Waals surface area contributed by atoms with Gasteiger partial charge >= 0.3 is 0 Å². The van der Waals surface area contributed by atoms with Gasteiger partial charge in [0.2, 0.25) is 0 Å². The first-order valence-electron chi connectivity index (χ1n) is 5.65. The lowest BCUT2D eigenvalue weighted by Gasteiger charge is -1.97. The van der Waals surface area contributed by atoms with E-state index < -0.39 is 0 Å². The summed E-state index contributed by atoms with van der Waals surface area (Å²) in [4.78, 5) is 5.87. The molecule has 0 atom stereocenters. The van der Waals surface area contributed by atoms with Crippen LogP contribution >= 0.6 is 27.3 Å². The van der Waals surface area contributed by atoms with E-state index in [0.29, 0.717) is 6.54 Å². The van der Waals surface area contributed by atoms with Gasteiger partial charge in [0, 0.05) is 22.3 Å². The van der Waals surface area contributed by atoms with Gasteiger partial charge in [-0.3, -0.25) is 0 Å². The van der Waals surface area contributed by atoms with Gasteiger partial charge < -0.3 is 5.73 Å². The Balaban J connectivity index is 2.18. The zero-order valence-electron chi connectivity index (χ0n) is 9.74. The van der Waals surface area contributed by atoms with Gasteiger partial charge in [-0.2, -0.15) is 0 Å². The van der Waals surface area contributed by atoms with Crippen molar-refractivity contribution in [3.8, 4) is 0 Å². The first kappa shape index (κ1) is 12.7. The van der Waals surface area contributed by atoms with Crippen molar-refractivity contribution in [1.29, 1.82) is 0 Å². The van der Waals surface area contributed by atoms with Crippen LogP contribution in [0.5, 0.6) is 0 Å². The van der Waals surface area contributed by atoms with Crippen LogP contribution in [0.15, 0.2) is 28.7 Å². The second kappa shape index (κ2) is 5.76. The SMILES string of the molecule is CCc1nc(Cc2ccc(Br)cc2)sc1CN. The Kier molecular flexibility index (Phi) is 4.31. The number of halogens is 1. The molecule has 0 aliphatic carbocycles. The second-order valence-corrected chi connectivity index (χ2v) is 5.92. The highest BCUT2D eigenvalue weighted by molar-refractivity contribution is 9.10. The molecule has 0 saturated carbocycles. The van der Waals surface area contributed by atoms with E-state index in [-0.39, 0.29) is 0 Å². The molecule has 1 aromatic carbocycles. The smallest absolute Gasteiger partial charge is 0.0975 e. The summed E-state index contributed by atoms with van der Waals surface area (Å²) in [6.45, 7) is 2.72. The first-order valence-corrected chi connectivity index (χ1v) is 7.25. The van der Waals surface area contributed by atoms with E-state index in [4.69, 9.17) is 5.73 Å². The molecular weight excluding hydrogens is 296 g/mol. The summed E-state index contributed by atoms with van der Waals surface area (Å²) in [7, 11) is 0. The van der Waals surface area contributed by atoms with Crippen LogP contribution in [-0.4, -0.2) is 4.98 Å². The lowest BCUT2D eigenvalue weighted by molar-refractivity contribution is 0.968. The van der Waals surface area contributed by atoms with Gasteiger partial charge in [-0.25, -0.2) is 4.98 Å². The highest BCUT2D eigenvalue weighted by atomic mass is 79.9. The molecule has 0 aliphatic rings. The maximum Gasteiger partial charge on any atom is 0.0975 e. The molecule has 0 fully saturated rings. The van der Waals surface area contributed by atoms with Gasteiger partial charge in [-0.15, -0.1) is 11.3 Å². The maximum atomic E-state index is 5.72. The number of hydrogen-bond acceptors (Lipinski definition) is 3. The third-order valence-corrected chi connectivity index (χ3v) is 4.26. The normalized spacial score (nSPS) is 10.8. The minimum absolute atomic E-state index is 0.598. The molecule has 1 heterocycles. The second-order valence-electron chi connectivity index (χ2n) is 3.84. The number of aromatic nitrogens is 1. The lowest BCUT2D eigenvalue weighted by Crippen LogP contribution is -1.96. The van der Waals surface area contributed by atoms with Gasteiger partial charge in [-0.1, -0.05) is 35.0 Å². The summed E-state index contributed by atoms with van der Waals surface area (Å²) in [5.41, 5.74) is 8.16. The van der Waals surface area contributed by atoms with Gasteiger partial charge in [-0.05, 0) is 24.1 Å². The Bertz CT molecular complexity index is 469. The van der Waals surface area contributed by atoms with Crippen LogP contribution in [0.3, 0.4) is 0 Å². The number of benzene rings is 1. The molecule has 0 saturated heterocycles. The van der Waals surface area contributed by atoms with Crippen molar-refractivity contribution in [2.45, 2.75) is 26.3 Å². The van der Waals surface area contributed by atoms with E-state index in [2.05, 4.69) is 52.1 Å². The number of rotatable bonds is 4. The molecule has 0 amide bonds. The Morgan fingerprint density at radius 2 is 2.00 bits per heavy atom. The van der Waals surface area contributed by atoms with Crippen LogP contribution in [0.1, 0.15) is 28.1 Å². The fraction of sp³-hybridized carbons (Fsp3) is 0.308. The topological polar surface area (TPSA) is 38.9 Å². The van der Waals surface area contributed by atoms with Crippen molar-refractivity contribution in [2.24, 2.45) is 5.73 Å². The molecule has 0 spiro atoms. The molecule has 2 rings (SSSR count). The number of aryl methyl sites for hydroxylation is 1. The molecule has 0 unspecified atom stereocenters. The monoisotopic (exact) mass is 310 g/mol. The Morgan fingerprint density at radius 3 is 2.53 bits per heavy atom. The minimum Gasteiger partial charge on any atom is -0.326 e. The van der Waals surface area contributed by atoms with E-state index in [0.717, 1.165) is 28.0 Å². The molecule has 4 heteroatoms. The highest BCUT2D eigenvalue weighted by Crippen LogP contribution is 2.22. The first-order chi connectivity index (χ1) is 8.22. The largest absolute Gasteiger partial charge is 0.326 e. The number of hydrogen-bond donors (Lipinski definition) is 1. The van der Waals surface area contributed by atoms with Gasteiger partial charge in [0.15, 0.2) is 0 Å².